The van der Waals surface area contributed by atoms with Crippen molar-refractivity contribution in [2.75, 3.05) is 0 Å². The molecule has 160 valence electrons. The van der Waals surface area contributed by atoms with Crippen molar-refractivity contribution in [3.05, 3.63) is 95.7 Å². The molecule has 1 saturated carbocycles. The van der Waals surface area contributed by atoms with Crippen LogP contribution in [0.4, 0.5) is 4.39 Å². The topological polar surface area (TPSA) is 62.6 Å². The van der Waals surface area contributed by atoms with Gasteiger partial charge in [0, 0.05) is 12.6 Å². The van der Waals surface area contributed by atoms with E-state index in [1.165, 1.54) is 23.3 Å². The van der Waals surface area contributed by atoms with E-state index in [-0.39, 0.29) is 30.1 Å². The van der Waals surface area contributed by atoms with Crippen LogP contribution >= 0.6 is 0 Å². The Balaban J connectivity index is 1.71. The van der Waals surface area contributed by atoms with E-state index in [9.17, 15) is 14.0 Å². The quantitative estimate of drug-likeness (QED) is 0.594. The Morgan fingerprint density at radius 1 is 1.00 bits per heavy atom. The molecular formula is C25H25FN2O3. The molecule has 0 aliphatic heterocycles. The van der Waals surface area contributed by atoms with Gasteiger partial charge >= 0.3 is 0 Å². The molecule has 1 atom stereocenters. The first-order valence-corrected chi connectivity index (χ1v) is 10.6. The highest BCUT2D eigenvalue weighted by atomic mass is 19.1. The van der Waals surface area contributed by atoms with Crippen LogP contribution < -0.4 is 5.32 Å². The van der Waals surface area contributed by atoms with Crippen LogP contribution in [0.2, 0.25) is 0 Å². The first-order valence-electron chi connectivity index (χ1n) is 10.6. The summed E-state index contributed by atoms with van der Waals surface area (Å²) >= 11 is 0. The summed E-state index contributed by atoms with van der Waals surface area (Å²) in [5.41, 5.74) is 1.43. The van der Waals surface area contributed by atoms with Gasteiger partial charge in [0.25, 0.3) is 5.91 Å². The monoisotopic (exact) mass is 420 g/mol. The van der Waals surface area contributed by atoms with Crippen LogP contribution in [-0.4, -0.2) is 22.8 Å². The average molecular weight is 420 g/mol. The molecule has 1 N–H and O–H groups in total. The van der Waals surface area contributed by atoms with Crippen LogP contribution in [0, 0.1) is 5.82 Å². The van der Waals surface area contributed by atoms with Crippen LogP contribution in [0.15, 0.2) is 77.4 Å². The van der Waals surface area contributed by atoms with Gasteiger partial charge in [-0.25, -0.2) is 4.39 Å². The van der Waals surface area contributed by atoms with Crippen LogP contribution in [-0.2, 0) is 11.3 Å². The lowest BCUT2D eigenvalue weighted by Crippen LogP contribution is -2.45. The van der Waals surface area contributed by atoms with Crippen molar-refractivity contribution in [3.63, 3.8) is 0 Å². The summed E-state index contributed by atoms with van der Waals surface area (Å²) in [6, 6.07) is 17.7. The SMILES string of the molecule is O=C(NC1CCCC1)C(c1ccccc1)N(Cc1ccc(F)cc1)C(=O)c1ccco1. The standard InChI is InChI=1S/C25H25FN2O3/c26-20-14-12-18(13-15-20)17-28(25(30)22-11-6-16-31-22)23(19-7-2-1-3-8-19)24(29)27-21-9-4-5-10-21/h1-3,6-8,11-16,21,23H,4-5,9-10,17H2,(H,27,29). The van der Waals surface area contributed by atoms with Crippen molar-refractivity contribution < 1.29 is 18.4 Å². The molecule has 2 aromatic carbocycles. The molecule has 0 bridgehead atoms. The number of carbonyl (C=O) groups excluding carboxylic acids is 2. The predicted molar refractivity (Wildman–Crippen MR) is 115 cm³/mol. The van der Waals surface area contributed by atoms with E-state index in [2.05, 4.69) is 5.32 Å². The fourth-order valence-corrected chi connectivity index (χ4v) is 4.07. The summed E-state index contributed by atoms with van der Waals surface area (Å²) in [6.45, 7) is 0.136. The second-order valence-electron chi connectivity index (χ2n) is 7.84. The van der Waals surface area contributed by atoms with Crippen molar-refractivity contribution in [1.82, 2.24) is 10.2 Å². The van der Waals surface area contributed by atoms with Gasteiger partial charge < -0.3 is 14.6 Å². The Hall–Kier alpha value is -3.41. The summed E-state index contributed by atoms with van der Waals surface area (Å²) in [5.74, 6) is -0.826. The maximum absolute atomic E-state index is 13.5. The second kappa shape index (κ2) is 9.60. The van der Waals surface area contributed by atoms with Gasteiger partial charge in [0.1, 0.15) is 11.9 Å². The highest BCUT2D eigenvalue weighted by Crippen LogP contribution is 2.27. The number of carbonyl (C=O) groups is 2. The fourth-order valence-electron chi connectivity index (χ4n) is 4.07. The van der Waals surface area contributed by atoms with Crippen molar-refractivity contribution in [2.24, 2.45) is 0 Å². The highest BCUT2D eigenvalue weighted by molar-refractivity contribution is 5.96. The Morgan fingerprint density at radius 2 is 1.71 bits per heavy atom. The Kier molecular flexibility index (Phi) is 6.46. The molecule has 3 aromatic rings. The molecule has 1 aromatic heterocycles. The third-order valence-corrected chi connectivity index (χ3v) is 5.64. The number of benzene rings is 2. The minimum Gasteiger partial charge on any atom is -0.459 e. The molecule has 4 rings (SSSR count). The minimum atomic E-state index is -0.843. The smallest absolute Gasteiger partial charge is 0.290 e. The Labute approximate surface area is 180 Å². The van der Waals surface area contributed by atoms with E-state index in [0.717, 1.165) is 31.2 Å². The van der Waals surface area contributed by atoms with Gasteiger partial charge in [0.05, 0.1) is 6.26 Å². The number of hydrogen-bond donors (Lipinski definition) is 1. The lowest BCUT2D eigenvalue weighted by molar-refractivity contribution is -0.126. The van der Waals surface area contributed by atoms with Gasteiger partial charge in [0.15, 0.2) is 5.76 Å². The number of hydrogen-bond acceptors (Lipinski definition) is 3. The number of nitrogens with zero attached hydrogens (tertiary/aromatic N) is 1. The molecule has 5 nitrogen and oxygen atoms in total. The van der Waals surface area contributed by atoms with Gasteiger partial charge in [-0.2, -0.15) is 0 Å². The third kappa shape index (κ3) is 5.02. The molecule has 1 heterocycles. The first-order chi connectivity index (χ1) is 15.1. The zero-order chi connectivity index (χ0) is 21.6. The minimum absolute atomic E-state index is 0.116. The molecule has 1 unspecified atom stereocenters. The first kappa shape index (κ1) is 20.8. The molecule has 6 heteroatoms. The van der Waals surface area contributed by atoms with Gasteiger partial charge in [-0.05, 0) is 48.2 Å². The summed E-state index contributed by atoms with van der Waals surface area (Å²) in [5, 5.41) is 3.13. The molecular weight excluding hydrogens is 395 g/mol. The van der Waals surface area contributed by atoms with E-state index in [4.69, 9.17) is 4.42 Å². The highest BCUT2D eigenvalue weighted by Gasteiger charge is 2.34. The van der Waals surface area contributed by atoms with Crippen molar-refractivity contribution in [1.29, 1.82) is 0 Å². The maximum Gasteiger partial charge on any atom is 0.290 e. The van der Waals surface area contributed by atoms with Crippen LogP contribution in [0.3, 0.4) is 0 Å². The van der Waals surface area contributed by atoms with E-state index >= 15 is 0 Å². The normalized spacial score (nSPS) is 14.9. The molecule has 0 saturated heterocycles. The zero-order valence-corrected chi connectivity index (χ0v) is 17.2. The lowest BCUT2D eigenvalue weighted by atomic mass is 10.0. The lowest BCUT2D eigenvalue weighted by Gasteiger charge is -2.32. The van der Waals surface area contributed by atoms with Crippen molar-refractivity contribution >= 4 is 11.8 Å². The van der Waals surface area contributed by atoms with E-state index in [1.807, 2.05) is 30.3 Å². The van der Waals surface area contributed by atoms with Crippen LogP contribution in [0.1, 0.15) is 53.4 Å². The number of amides is 2. The Morgan fingerprint density at radius 3 is 2.35 bits per heavy atom. The predicted octanol–water partition coefficient (Wildman–Crippen LogP) is 4.86. The van der Waals surface area contributed by atoms with Crippen LogP contribution in [0.25, 0.3) is 0 Å². The molecule has 2 amide bonds. The largest absolute Gasteiger partial charge is 0.459 e. The maximum atomic E-state index is 13.5. The average Bonchev–Trinajstić information content (AvgIpc) is 3.49. The molecule has 0 spiro atoms. The van der Waals surface area contributed by atoms with Crippen molar-refractivity contribution in [3.8, 4) is 0 Å². The Bertz CT molecular complexity index is 997. The molecule has 1 aliphatic carbocycles. The number of furan rings is 1. The zero-order valence-electron chi connectivity index (χ0n) is 17.2. The van der Waals surface area contributed by atoms with E-state index in [1.54, 1.807) is 24.3 Å². The van der Waals surface area contributed by atoms with Crippen molar-refractivity contribution in [2.45, 2.75) is 44.3 Å². The van der Waals surface area contributed by atoms with Crippen LogP contribution in [0.5, 0.6) is 0 Å². The summed E-state index contributed by atoms with van der Waals surface area (Å²) in [7, 11) is 0. The third-order valence-electron chi connectivity index (χ3n) is 5.64. The van der Waals surface area contributed by atoms with Gasteiger partial charge in [0.2, 0.25) is 5.91 Å². The molecule has 1 aliphatic rings. The van der Waals surface area contributed by atoms with Gasteiger partial charge in [-0.1, -0.05) is 55.3 Å². The summed E-state index contributed by atoms with van der Waals surface area (Å²) < 4.78 is 18.8. The van der Waals surface area contributed by atoms with Gasteiger partial charge in [-0.3, -0.25) is 9.59 Å². The van der Waals surface area contributed by atoms with Gasteiger partial charge in [-0.15, -0.1) is 0 Å². The van der Waals surface area contributed by atoms with E-state index in [0.29, 0.717) is 5.56 Å². The summed E-state index contributed by atoms with van der Waals surface area (Å²) in [6.07, 6.45) is 5.49. The number of nitrogens with one attached hydrogen (secondary N) is 1. The number of rotatable bonds is 7. The molecule has 31 heavy (non-hydrogen) atoms. The van der Waals surface area contributed by atoms with E-state index < -0.39 is 11.9 Å². The fraction of sp³-hybridized carbons (Fsp3) is 0.280. The summed E-state index contributed by atoms with van der Waals surface area (Å²) in [4.78, 5) is 28.4. The second-order valence-corrected chi connectivity index (χ2v) is 7.84. The molecule has 0 radical (unpaired) electrons. The number of halogens is 1. The molecule has 1 fully saturated rings.